The fourth-order valence-corrected chi connectivity index (χ4v) is 4.15. The van der Waals surface area contributed by atoms with E-state index < -0.39 is 5.97 Å². The van der Waals surface area contributed by atoms with Gasteiger partial charge in [-0.15, -0.1) is 5.10 Å². The highest BCUT2D eigenvalue weighted by Crippen LogP contribution is 2.25. The van der Waals surface area contributed by atoms with E-state index in [-0.39, 0.29) is 17.5 Å². The summed E-state index contributed by atoms with van der Waals surface area (Å²) in [5, 5.41) is 26.5. The van der Waals surface area contributed by atoms with Crippen LogP contribution in [0.25, 0.3) is 11.1 Å². The van der Waals surface area contributed by atoms with Crippen LogP contribution in [0.15, 0.2) is 89.6 Å². The number of nitrogens with one attached hydrogen (secondary N) is 3. The van der Waals surface area contributed by atoms with Gasteiger partial charge in [-0.25, -0.2) is 4.79 Å². The van der Waals surface area contributed by atoms with Gasteiger partial charge in [-0.3, -0.25) is 9.78 Å². The topological polar surface area (TPSA) is 168 Å². The Morgan fingerprint density at radius 2 is 1.64 bits per heavy atom. The number of nitrogens with two attached hydrogens (primary N) is 1. The maximum absolute atomic E-state index is 12.9. The molecule has 11 nitrogen and oxygen atoms in total. The average Bonchev–Trinajstić information content (AvgIpc) is 3.45. The van der Waals surface area contributed by atoms with Gasteiger partial charge in [-0.1, -0.05) is 35.4 Å². The van der Waals surface area contributed by atoms with E-state index in [0.717, 1.165) is 33.6 Å². The van der Waals surface area contributed by atoms with E-state index in [1.165, 1.54) is 6.20 Å². The highest BCUT2D eigenvalue weighted by atomic mass is 16.4. The van der Waals surface area contributed by atoms with Crippen molar-refractivity contribution < 1.29 is 19.1 Å². The fourth-order valence-electron chi connectivity index (χ4n) is 4.15. The number of aromatic nitrogens is 3. The molecule has 0 fully saturated rings. The van der Waals surface area contributed by atoms with Gasteiger partial charge in [0.05, 0.1) is 5.56 Å². The number of hydrogen-bond donors (Lipinski definition) is 5. The van der Waals surface area contributed by atoms with Crippen LogP contribution in [0, 0.1) is 6.92 Å². The minimum Gasteiger partial charge on any atom is -0.478 e. The molecule has 2 heterocycles. The Bertz CT molecular complexity index is 1700. The first-order valence-corrected chi connectivity index (χ1v) is 13.2. The first kappa shape index (κ1) is 28.0. The van der Waals surface area contributed by atoms with Crippen molar-refractivity contribution in [3.05, 3.63) is 113 Å². The number of nitrogens with zero attached hydrogens (tertiary/aromatic N) is 3. The Morgan fingerprint density at radius 3 is 2.38 bits per heavy atom. The van der Waals surface area contributed by atoms with E-state index in [1.54, 1.807) is 24.4 Å². The average molecular weight is 564 g/mol. The summed E-state index contributed by atoms with van der Waals surface area (Å²) in [6, 6.07) is 22.4. The number of aryl methyl sites for hydroxylation is 1. The maximum Gasteiger partial charge on any atom is 0.337 e. The Balaban J connectivity index is 1.16. The van der Waals surface area contributed by atoms with Gasteiger partial charge in [0.1, 0.15) is 0 Å². The zero-order valence-corrected chi connectivity index (χ0v) is 22.8. The maximum atomic E-state index is 12.9. The summed E-state index contributed by atoms with van der Waals surface area (Å²) in [6.45, 7) is 2.91. The van der Waals surface area contributed by atoms with Crippen molar-refractivity contribution in [3.63, 3.8) is 0 Å². The molecular weight excluding hydrogens is 534 g/mol. The van der Waals surface area contributed by atoms with Crippen molar-refractivity contribution in [2.24, 2.45) is 5.73 Å². The lowest BCUT2D eigenvalue weighted by atomic mass is 10.1. The molecule has 212 valence electrons. The molecule has 42 heavy (non-hydrogen) atoms. The molecule has 5 rings (SSSR count). The van der Waals surface area contributed by atoms with Gasteiger partial charge in [0.25, 0.3) is 5.91 Å². The number of rotatable bonds is 11. The molecule has 0 atom stereocenters. The van der Waals surface area contributed by atoms with Crippen molar-refractivity contribution in [1.29, 1.82) is 0 Å². The second kappa shape index (κ2) is 12.7. The molecule has 2 aromatic heterocycles. The number of carboxylic acids is 1. The smallest absolute Gasteiger partial charge is 0.337 e. The summed E-state index contributed by atoms with van der Waals surface area (Å²) in [6.07, 6.45) is 3.46. The van der Waals surface area contributed by atoms with Gasteiger partial charge in [-0.05, 0) is 66.1 Å². The van der Waals surface area contributed by atoms with Crippen molar-refractivity contribution in [2.45, 2.75) is 19.9 Å². The number of carboxylic acid groups (broad SMARTS) is 1. The van der Waals surface area contributed by atoms with E-state index in [9.17, 15) is 14.7 Å². The van der Waals surface area contributed by atoms with Gasteiger partial charge < -0.3 is 31.2 Å². The minimum absolute atomic E-state index is 0.144. The molecule has 0 unspecified atom stereocenters. The highest BCUT2D eigenvalue weighted by Gasteiger charge is 2.11. The SMILES string of the molecule is Cc1ccc(NC(=O)c2ccc(CNc3ccc(-c4cncc(C(=O)O)c4)cc3)cc2)cc1Nc1nnc(CCN)o1. The van der Waals surface area contributed by atoms with E-state index >= 15 is 0 Å². The van der Waals surface area contributed by atoms with Gasteiger partial charge in [0.2, 0.25) is 5.89 Å². The predicted octanol–water partition coefficient (Wildman–Crippen LogP) is 5.25. The fraction of sp³-hybridized carbons (Fsp3) is 0.129. The standard InChI is InChI=1S/C31H29N7O4/c1-19-2-9-26(15-27(19)36-31-38-37-28(42-31)12-13-32)35-29(39)22-5-3-20(4-6-22)16-34-25-10-7-21(8-11-25)23-14-24(30(40)41)18-33-17-23/h2-11,14-15,17-18,34H,12-13,16,32H2,1H3,(H,35,39)(H,36,38)(H,40,41). The summed E-state index contributed by atoms with van der Waals surface area (Å²) >= 11 is 0. The van der Waals surface area contributed by atoms with Crippen LogP contribution in [0.3, 0.4) is 0 Å². The lowest BCUT2D eigenvalue weighted by Gasteiger charge is -2.11. The van der Waals surface area contributed by atoms with E-state index in [4.69, 9.17) is 10.2 Å². The molecule has 0 aliphatic heterocycles. The predicted molar refractivity (Wildman–Crippen MR) is 160 cm³/mol. The van der Waals surface area contributed by atoms with Crippen LogP contribution in [0.2, 0.25) is 0 Å². The highest BCUT2D eigenvalue weighted by molar-refractivity contribution is 6.04. The van der Waals surface area contributed by atoms with Gasteiger partial charge in [-0.2, -0.15) is 0 Å². The third-order valence-electron chi connectivity index (χ3n) is 6.48. The number of carbonyl (C=O) groups excluding carboxylic acids is 1. The number of anilines is 4. The Labute approximate surface area is 241 Å². The largest absolute Gasteiger partial charge is 0.478 e. The number of amides is 1. The number of carbonyl (C=O) groups is 2. The van der Waals surface area contributed by atoms with Crippen LogP contribution in [0.1, 0.15) is 37.7 Å². The summed E-state index contributed by atoms with van der Waals surface area (Å²) < 4.78 is 5.54. The second-order valence-electron chi connectivity index (χ2n) is 9.54. The van der Waals surface area contributed by atoms with E-state index in [2.05, 4.69) is 31.1 Å². The molecule has 0 aliphatic carbocycles. The lowest BCUT2D eigenvalue weighted by Crippen LogP contribution is -2.12. The van der Waals surface area contributed by atoms with Gasteiger partial charge in [0, 0.05) is 60.1 Å². The first-order chi connectivity index (χ1) is 20.4. The van der Waals surface area contributed by atoms with Crippen LogP contribution >= 0.6 is 0 Å². The van der Waals surface area contributed by atoms with E-state index in [0.29, 0.717) is 36.7 Å². The quantitative estimate of drug-likeness (QED) is 0.143. The number of hydrogen-bond acceptors (Lipinski definition) is 9. The Kier molecular flexibility index (Phi) is 8.50. The third-order valence-corrected chi connectivity index (χ3v) is 6.48. The van der Waals surface area contributed by atoms with Crippen LogP contribution in [0.4, 0.5) is 23.1 Å². The monoisotopic (exact) mass is 563 g/mol. The van der Waals surface area contributed by atoms with Gasteiger partial charge >= 0.3 is 12.0 Å². The van der Waals surface area contributed by atoms with E-state index in [1.807, 2.05) is 61.5 Å². The summed E-state index contributed by atoms with van der Waals surface area (Å²) in [7, 11) is 0. The molecule has 0 bridgehead atoms. The minimum atomic E-state index is -1.01. The Morgan fingerprint density at radius 1 is 0.881 bits per heavy atom. The lowest BCUT2D eigenvalue weighted by molar-refractivity contribution is 0.0696. The third kappa shape index (κ3) is 6.95. The van der Waals surface area contributed by atoms with Gasteiger partial charge in [0.15, 0.2) is 0 Å². The van der Waals surface area contributed by atoms with Crippen molar-refractivity contribution in [1.82, 2.24) is 15.2 Å². The molecule has 0 radical (unpaired) electrons. The van der Waals surface area contributed by atoms with Crippen LogP contribution < -0.4 is 21.7 Å². The Hall–Kier alpha value is -5.55. The first-order valence-electron chi connectivity index (χ1n) is 13.2. The zero-order chi connectivity index (χ0) is 29.5. The van der Waals surface area contributed by atoms with Crippen LogP contribution in [-0.2, 0) is 13.0 Å². The second-order valence-corrected chi connectivity index (χ2v) is 9.54. The summed E-state index contributed by atoms with van der Waals surface area (Å²) in [5.74, 6) is -0.788. The zero-order valence-electron chi connectivity index (χ0n) is 22.8. The summed E-state index contributed by atoms with van der Waals surface area (Å²) in [4.78, 5) is 28.1. The number of pyridine rings is 1. The number of aromatic carboxylic acids is 1. The molecule has 6 N–H and O–H groups in total. The van der Waals surface area contributed by atoms with Crippen LogP contribution in [-0.4, -0.2) is 38.7 Å². The molecule has 5 aromatic rings. The molecule has 1 amide bonds. The molecule has 3 aromatic carbocycles. The molecule has 0 saturated carbocycles. The van der Waals surface area contributed by atoms with Crippen molar-refractivity contribution in [2.75, 3.05) is 22.5 Å². The van der Waals surface area contributed by atoms with Crippen molar-refractivity contribution >= 4 is 35.0 Å². The van der Waals surface area contributed by atoms with Crippen LogP contribution in [0.5, 0.6) is 0 Å². The van der Waals surface area contributed by atoms with Crippen molar-refractivity contribution in [3.8, 4) is 11.1 Å². The molecule has 11 heteroatoms. The number of benzene rings is 3. The normalized spacial score (nSPS) is 10.7. The molecule has 0 aliphatic rings. The summed E-state index contributed by atoms with van der Waals surface area (Å²) in [5.41, 5.74) is 12.0. The molecule has 0 saturated heterocycles. The molecular formula is C31H29N7O4. The molecule has 0 spiro atoms.